The van der Waals surface area contributed by atoms with Gasteiger partial charge in [0.05, 0.1) is 17.0 Å². The minimum absolute atomic E-state index is 0.0672. The van der Waals surface area contributed by atoms with Crippen LogP contribution in [0.4, 0.5) is 10.1 Å². The number of halogens is 1. The molecule has 0 saturated carbocycles. The van der Waals surface area contributed by atoms with Gasteiger partial charge in [0.25, 0.3) is 5.91 Å². The first-order valence-electron chi connectivity index (χ1n) is 8.51. The summed E-state index contributed by atoms with van der Waals surface area (Å²) in [4.78, 5) is 24.5. The Kier molecular flexibility index (Phi) is 7.66. The van der Waals surface area contributed by atoms with E-state index in [1.165, 1.54) is 23.9 Å². The molecule has 26 heavy (non-hydrogen) atoms. The van der Waals surface area contributed by atoms with Gasteiger partial charge in [-0.15, -0.1) is 11.8 Å². The van der Waals surface area contributed by atoms with Crippen LogP contribution in [-0.4, -0.2) is 23.6 Å². The molecule has 0 fully saturated rings. The minimum Gasteiger partial charge on any atom is -0.350 e. The van der Waals surface area contributed by atoms with Crippen molar-refractivity contribution >= 4 is 29.3 Å². The molecule has 0 aliphatic rings. The van der Waals surface area contributed by atoms with Crippen LogP contribution in [0.2, 0.25) is 0 Å². The van der Waals surface area contributed by atoms with Crippen LogP contribution in [0.25, 0.3) is 0 Å². The molecular formula is C20H23FN2O2S. The van der Waals surface area contributed by atoms with Gasteiger partial charge in [0.1, 0.15) is 5.82 Å². The van der Waals surface area contributed by atoms with Crippen LogP contribution in [0.1, 0.15) is 36.2 Å². The maximum Gasteiger partial charge on any atom is 0.253 e. The van der Waals surface area contributed by atoms with Crippen molar-refractivity contribution in [3.63, 3.8) is 0 Å². The molecule has 2 aromatic carbocycles. The number of thioether (sulfide) groups is 1. The number of carbonyl (C=O) groups excluding carboxylic acids is 2. The van der Waals surface area contributed by atoms with Crippen LogP contribution in [-0.2, 0) is 10.5 Å². The fourth-order valence-corrected chi connectivity index (χ4v) is 3.01. The Balaban J connectivity index is 1.90. The normalized spacial score (nSPS) is 11.7. The second-order valence-electron chi connectivity index (χ2n) is 6.00. The number of carbonyl (C=O) groups is 2. The summed E-state index contributed by atoms with van der Waals surface area (Å²) in [6, 6.07) is 13.2. The first-order valence-corrected chi connectivity index (χ1v) is 9.67. The number of para-hydroxylation sites is 1. The van der Waals surface area contributed by atoms with Crippen LogP contribution >= 0.6 is 11.8 Å². The lowest BCUT2D eigenvalue weighted by molar-refractivity contribution is -0.113. The molecule has 0 radical (unpaired) electrons. The van der Waals surface area contributed by atoms with Gasteiger partial charge in [-0.2, -0.15) is 0 Å². The van der Waals surface area contributed by atoms with E-state index in [-0.39, 0.29) is 29.4 Å². The summed E-state index contributed by atoms with van der Waals surface area (Å²) in [5.41, 5.74) is 1.91. The zero-order chi connectivity index (χ0) is 18.9. The molecule has 0 saturated heterocycles. The second kappa shape index (κ2) is 9.97. The maximum absolute atomic E-state index is 12.9. The van der Waals surface area contributed by atoms with Gasteiger partial charge < -0.3 is 10.6 Å². The number of nitrogens with one attached hydrogen (secondary N) is 2. The lowest BCUT2D eigenvalue weighted by Gasteiger charge is -2.14. The summed E-state index contributed by atoms with van der Waals surface area (Å²) in [6.45, 7) is 3.93. The highest BCUT2D eigenvalue weighted by molar-refractivity contribution is 7.99. The minimum atomic E-state index is -0.274. The Morgan fingerprint density at radius 1 is 1.12 bits per heavy atom. The summed E-state index contributed by atoms with van der Waals surface area (Å²) in [6.07, 6.45) is 0.834. The topological polar surface area (TPSA) is 58.2 Å². The molecule has 0 aliphatic carbocycles. The predicted molar refractivity (Wildman–Crippen MR) is 105 cm³/mol. The van der Waals surface area contributed by atoms with Crippen molar-refractivity contribution in [3.8, 4) is 0 Å². The highest BCUT2D eigenvalue weighted by Gasteiger charge is 2.14. The molecule has 0 heterocycles. The Bertz CT molecular complexity index is 750. The average Bonchev–Trinajstić information content (AvgIpc) is 2.63. The summed E-state index contributed by atoms with van der Waals surface area (Å²) in [5.74, 6) is 0.210. The number of hydrogen-bond donors (Lipinski definition) is 2. The molecule has 0 aromatic heterocycles. The van der Waals surface area contributed by atoms with Gasteiger partial charge in [0, 0.05) is 11.8 Å². The molecule has 2 amide bonds. The summed E-state index contributed by atoms with van der Waals surface area (Å²) >= 11 is 1.43. The van der Waals surface area contributed by atoms with E-state index >= 15 is 0 Å². The Morgan fingerprint density at radius 3 is 2.50 bits per heavy atom. The van der Waals surface area contributed by atoms with E-state index in [1.807, 2.05) is 13.8 Å². The molecule has 0 bridgehead atoms. The Labute approximate surface area is 157 Å². The second-order valence-corrected chi connectivity index (χ2v) is 6.98. The summed E-state index contributed by atoms with van der Waals surface area (Å²) < 4.78 is 12.9. The third-order valence-corrected chi connectivity index (χ3v) is 4.85. The van der Waals surface area contributed by atoms with Crippen molar-refractivity contribution in [1.82, 2.24) is 5.32 Å². The van der Waals surface area contributed by atoms with Gasteiger partial charge in [0.15, 0.2) is 0 Å². The van der Waals surface area contributed by atoms with E-state index in [0.717, 1.165) is 12.0 Å². The number of benzene rings is 2. The molecule has 1 atom stereocenters. The SMILES string of the molecule is CC[C@H](C)NC(=O)c1ccccc1NC(=O)CSCc1ccc(F)cc1. The molecule has 2 aromatic rings. The van der Waals surface area contributed by atoms with Crippen LogP contribution in [0.5, 0.6) is 0 Å². The van der Waals surface area contributed by atoms with E-state index in [2.05, 4.69) is 10.6 Å². The van der Waals surface area contributed by atoms with Gasteiger partial charge in [-0.05, 0) is 43.2 Å². The van der Waals surface area contributed by atoms with E-state index in [4.69, 9.17) is 0 Å². The number of anilines is 1. The monoisotopic (exact) mass is 374 g/mol. The molecular weight excluding hydrogens is 351 g/mol. The molecule has 138 valence electrons. The van der Waals surface area contributed by atoms with Crippen molar-refractivity contribution in [2.24, 2.45) is 0 Å². The van der Waals surface area contributed by atoms with Crippen molar-refractivity contribution < 1.29 is 14.0 Å². The Morgan fingerprint density at radius 2 is 1.81 bits per heavy atom. The van der Waals surface area contributed by atoms with Crippen LogP contribution in [0.3, 0.4) is 0 Å². The first kappa shape index (κ1) is 20.0. The largest absolute Gasteiger partial charge is 0.350 e. The lowest BCUT2D eigenvalue weighted by Crippen LogP contribution is -2.32. The zero-order valence-corrected chi connectivity index (χ0v) is 15.7. The number of amides is 2. The molecule has 2 N–H and O–H groups in total. The maximum atomic E-state index is 12.9. The van der Waals surface area contributed by atoms with E-state index < -0.39 is 0 Å². The van der Waals surface area contributed by atoms with Crippen molar-refractivity contribution in [2.45, 2.75) is 32.1 Å². The highest BCUT2D eigenvalue weighted by atomic mass is 32.2. The number of rotatable bonds is 8. The summed E-state index contributed by atoms with van der Waals surface area (Å²) in [7, 11) is 0. The van der Waals surface area contributed by atoms with Crippen molar-refractivity contribution in [3.05, 3.63) is 65.5 Å². The van der Waals surface area contributed by atoms with E-state index in [9.17, 15) is 14.0 Å². The predicted octanol–water partition coefficient (Wildman–Crippen LogP) is 4.23. The first-order chi connectivity index (χ1) is 12.5. The molecule has 2 rings (SSSR count). The molecule has 4 nitrogen and oxygen atoms in total. The third-order valence-electron chi connectivity index (χ3n) is 3.85. The van der Waals surface area contributed by atoms with Gasteiger partial charge >= 0.3 is 0 Å². The van der Waals surface area contributed by atoms with Crippen LogP contribution < -0.4 is 10.6 Å². The standard InChI is InChI=1S/C20H23FN2O2S/c1-3-14(2)22-20(25)17-6-4-5-7-18(17)23-19(24)13-26-12-15-8-10-16(21)11-9-15/h4-11,14H,3,12-13H2,1-2H3,(H,22,25)(H,23,24)/t14-/m0/s1. The summed E-state index contributed by atoms with van der Waals surface area (Å²) in [5, 5.41) is 5.70. The van der Waals surface area contributed by atoms with Crippen molar-refractivity contribution in [1.29, 1.82) is 0 Å². The lowest BCUT2D eigenvalue weighted by atomic mass is 10.1. The van der Waals surface area contributed by atoms with Gasteiger partial charge in [-0.3, -0.25) is 9.59 Å². The molecule has 0 unspecified atom stereocenters. The van der Waals surface area contributed by atoms with Gasteiger partial charge in [-0.25, -0.2) is 4.39 Å². The van der Waals surface area contributed by atoms with E-state index in [1.54, 1.807) is 36.4 Å². The van der Waals surface area contributed by atoms with Crippen LogP contribution in [0.15, 0.2) is 48.5 Å². The molecule has 0 aliphatic heterocycles. The van der Waals surface area contributed by atoms with Crippen molar-refractivity contribution in [2.75, 3.05) is 11.1 Å². The smallest absolute Gasteiger partial charge is 0.253 e. The Hall–Kier alpha value is -2.34. The average molecular weight is 374 g/mol. The molecule has 0 spiro atoms. The van der Waals surface area contributed by atoms with Crippen LogP contribution in [0, 0.1) is 5.82 Å². The highest BCUT2D eigenvalue weighted by Crippen LogP contribution is 2.17. The van der Waals surface area contributed by atoms with Gasteiger partial charge in [0.2, 0.25) is 5.91 Å². The number of hydrogen-bond acceptors (Lipinski definition) is 3. The third kappa shape index (κ3) is 6.19. The quantitative estimate of drug-likeness (QED) is 0.727. The zero-order valence-electron chi connectivity index (χ0n) is 14.9. The van der Waals surface area contributed by atoms with Gasteiger partial charge in [-0.1, -0.05) is 31.2 Å². The molecule has 6 heteroatoms. The fourth-order valence-electron chi connectivity index (χ4n) is 2.22. The fraction of sp³-hybridized carbons (Fsp3) is 0.300. The van der Waals surface area contributed by atoms with E-state index in [0.29, 0.717) is 17.0 Å².